The Labute approximate surface area is 197 Å². The molecular weight excluding hydrogens is 392 g/mol. The zero-order chi connectivity index (χ0) is 22.0. The van der Waals surface area contributed by atoms with Gasteiger partial charge in [0.1, 0.15) is 0 Å². The lowest BCUT2D eigenvalue weighted by Gasteiger charge is -2.30. The van der Waals surface area contributed by atoms with Gasteiger partial charge in [0.15, 0.2) is 6.29 Å². The predicted octanol–water partition coefficient (Wildman–Crippen LogP) is 8.79. The van der Waals surface area contributed by atoms with Gasteiger partial charge in [-0.15, -0.1) is 0 Å². The molecule has 0 radical (unpaired) electrons. The highest BCUT2D eigenvalue weighted by molar-refractivity contribution is 5.19. The van der Waals surface area contributed by atoms with Crippen LogP contribution in [0.15, 0.2) is 30.3 Å². The first kappa shape index (κ1) is 24.3. The maximum absolute atomic E-state index is 6.86. The molecule has 0 spiro atoms. The third kappa shape index (κ3) is 7.32. The van der Waals surface area contributed by atoms with Crippen molar-refractivity contribution < 1.29 is 9.47 Å². The van der Waals surface area contributed by atoms with E-state index in [1.807, 2.05) is 0 Å². The van der Waals surface area contributed by atoms with Gasteiger partial charge < -0.3 is 9.47 Å². The van der Waals surface area contributed by atoms with Crippen molar-refractivity contribution in [3.63, 3.8) is 0 Å². The van der Waals surface area contributed by atoms with E-state index in [2.05, 4.69) is 37.3 Å². The Bertz CT molecular complexity index is 615. The number of fused-ring (bicyclic) bond motifs is 8. The second-order valence-electron chi connectivity index (χ2n) is 11.1. The van der Waals surface area contributed by atoms with E-state index in [0.29, 0.717) is 18.1 Å². The summed E-state index contributed by atoms with van der Waals surface area (Å²) in [5.74, 6) is 2.24. The molecule has 4 aliphatic rings. The van der Waals surface area contributed by atoms with Gasteiger partial charge >= 0.3 is 0 Å². The van der Waals surface area contributed by atoms with Crippen molar-refractivity contribution in [1.29, 1.82) is 0 Å². The number of benzene rings is 1. The molecule has 5 rings (SSSR count). The molecular formula is C30H48O2. The van der Waals surface area contributed by atoms with Crippen molar-refractivity contribution in [3.05, 3.63) is 35.9 Å². The fourth-order valence-corrected chi connectivity index (χ4v) is 6.77. The molecule has 1 aromatic rings. The highest BCUT2D eigenvalue weighted by atomic mass is 16.7. The largest absolute Gasteiger partial charge is 0.349 e. The summed E-state index contributed by atoms with van der Waals surface area (Å²) in [5.41, 5.74) is 1.49. The lowest BCUT2D eigenvalue weighted by Crippen LogP contribution is -2.29. The summed E-state index contributed by atoms with van der Waals surface area (Å²) < 4.78 is 13.6. The van der Waals surface area contributed by atoms with E-state index in [0.717, 1.165) is 18.3 Å². The summed E-state index contributed by atoms with van der Waals surface area (Å²) in [4.78, 5) is 0. The normalized spacial score (nSPS) is 33.2. The van der Waals surface area contributed by atoms with Gasteiger partial charge in [0.25, 0.3) is 0 Å². The Balaban J connectivity index is 1.47. The van der Waals surface area contributed by atoms with Crippen LogP contribution < -0.4 is 0 Å². The van der Waals surface area contributed by atoms with Crippen LogP contribution in [0.1, 0.15) is 128 Å². The van der Waals surface area contributed by atoms with Crippen molar-refractivity contribution in [1.82, 2.24) is 0 Å². The minimum Gasteiger partial charge on any atom is -0.349 e. The van der Waals surface area contributed by atoms with E-state index in [1.54, 1.807) is 0 Å². The molecule has 1 aliphatic heterocycles. The van der Waals surface area contributed by atoms with Gasteiger partial charge in [-0.2, -0.15) is 0 Å². The Morgan fingerprint density at radius 2 is 1.50 bits per heavy atom. The van der Waals surface area contributed by atoms with Crippen LogP contribution in [0.25, 0.3) is 0 Å². The molecule has 4 unspecified atom stereocenters. The van der Waals surface area contributed by atoms with Crippen LogP contribution in [0.2, 0.25) is 0 Å². The third-order valence-electron chi connectivity index (χ3n) is 8.60. The quantitative estimate of drug-likeness (QED) is 0.440. The van der Waals surface area contributed by atoms with E-state index in [9.17, 15) is 0 Å². The zero-order valence-corrected chi connectivity index (χ0v) is 20.7. The molecule has 2 heteroatoms. The highest BCUT2D eigenvalue weighted by Crippen LogP contribution is 2.37. The van der Waals surface area contributed by atoms with Gasteiger partial charge in [-0.3, -0.25) is 0 Å². The SMILES string of the molecule is CCCC(CCC1OC2CCC(O1)C1CCCCCC(CCCCC1)C2)c1ccccc1. The van der Waals surface area contributed by atoms with Crippen LogP contribution in [0.4, 0.5) is 0 Å². The van der Waals surface area contributed by atoms with Crippen LogP contribution in [-0.2, 0) is 9.47 Å². The maximum Gasteiger partial charge on any atom is 0.158 e. The molecule has 1 heterocycles. The summed E-state index contributed by atoms with van der Waals surface area (Å²) in [5, 5.41) is 0. The van der Waals surface area contributed by atoms with Gasteiger partial charge in [-0.1, -0.05) is 95.0 Å². The predicted molar refractivity (Wildman–Crippen MR) is 134 cm³/mol. The third-order valence-corrected chi connectivity index (χ3v) is 8.60. The van der Waals surface area contributed by atoms with Crippen LogP contribution in [-0.4, -0.2) is 18.5 Å². The topological polar surface area (TPSA) is 18.5 Å². The number of hydrogen-bond donors (Lipinski definition) is 0. The molecule has 3 aliphatic carbocycles. The van der Waals surface area contributed by atoms with Crippen molar-refractivity contribution in [2.75, 3.05) is 0 Å². The van der Waals surface area contributed by atoms with Crippen LogP contribution in [0, 0.1) is 11.8 Å². The number of ether oxygens (including phenoxy) is 2. The van der Waals surface area contributed by atoms with Gasteiger partial charge in [-0.05, 0) is 74.7 Å². The summed E-state index contributed by atoms with van der Waals surface area (Å²) >= 11 is 0. The zero-order valence-electron chi connectivity index (χ0n) is 20.7. The van der Waals surface area contributed by atoms with E-state index in [-0.39, 0.29) is 6.29 Å². The summed E-state index contributed by atoms with van der Waals surface area (Å²) in [7, 11) is 0. The molecule has 4 bridgehead atoms. The van der Waals surface area contributed by atoms with Crippen LogP contribution in [0.5, 0.6) is 0 Å². The molecule has 180 valence electrons. The lowest BCUT2D eigenvalue weighted by atomic mass is 9.82. The number of hydrogen-bond acceptors (Lipinski definition) is 2. The Morgan fingerprint density at radius 1 is 0.781 bits per heavy atom. The average molecular weight is 441 g/mol. The summed E-state index contributed by atoms with van der Waals surface area (Å²) in [6.45, 7) is 2.31. The van der Waals surface area contributed by atoms with Crippen molar-refractivity contribution in [3.8, 4) is 0 Å². The minimum atomic E-state index is 0.000208. The van der Waals surface area contributed by atoms with E-state index in [4.69, 9.17) is 9.47 Å². The van der Waals surface area contributed by atoms with Gasteiger partial charge in [0.05, 0.1) is 12.2 Å². The smallest absolute Gasteiger partial charge is 0.158 e. The number of rotatable bonds is 6. The Hall–Kier alpha value is -0.860. The first-order chi connectivity index (χ1) is 15.8. The fourth-order valence-electron chi connectivity index (χ4n) is 6.77. The van der Waals surface area contributed by atoms with Crippen LogP contribution >= 0.6 is 0 Å². The molecule has 4 atom stereocenters. The van der Waals surface area contributed by atoms with Gasteiger partial charge in [0.2, 0.25) is 0 Å². The molecule has 2 nitrogen and oxygen atoms in total. The second kappa shape index (κ2) is 13.1. The van der Waals surface area contributed by atoms with Crippen LogP contribution in [0.3, 0.4) is 0 Å². The fraction of sp³-hybridized carbons (Fsp3) is 0.800. The van der Waals surface area contributed by atoms with Gasteiger partial charge in [-0.25, -0.2) is 0 Å². The molecule has 32 heavy (non-hydrogen) atoms. The molecule has 0 aromatic heterocycles. The Kier molecular flexibility index (Phi) is 9.96. The second-order valence-corrected chi connectivity index (χ2v) is 11.1. The van der Waals surface area contributed by atoms with Gasteiger partial charge in [0, 0.05) is 0 Å². The van der Waals surface area contributed by atoms with E-state index in [1.165, 1.54) is 108 Å². The Morgan fingerprint density at radius 3 is 2.22 bits per heavy atom. The van der Waals surface area contributed by atoms with Crippen molar-refractivity contribution in [2.45, 2.75) is 140 Å². The minimum absolute atomic E-state index is 0.000208. The summed E-state index contributed by atoms with van der Waals surface area (Å²) in [6.07, 6.45) is 23.3. The molecule has 0 N–H and O–H groups in total. The van der Waals surface area contributed by atoms with Crippen molar-refractivity contribution in [2.24, 2.45) is 11.8 Å². The standard InChI is InChI=1S/C30H48O2/c1-2-12-25(26-15-8-5-9-16-26)19-22-30-31-28-20-21-29(32-30)27-17-10-3-6-13-24(23-28)14-7-4-11-18-27/h5,8-9,15-16,24-25,27-30H,2-4,6-7,10-14,17-23H2,1H3. The van der Waals surface area contributed by atoms with E-state index >= 15 is 0 Å². The first-order valence-electron chi connectivity index (χ1n) is 14.2. The lowest BCUT2D eigenvalue weighted by molar-refractivity contribution is -0.191. The van der Waals surface area contributed by atoms with Crippen molar-refractivity contribution >= 4 is 0 Å². The maximum atomic E-state index is 6.86. The monoisotopic (exact) mass is 440 g/mol. The first-order valence-corrected chi connectivity index (χ1v) is 14.2. The average Bonchev–Trinajstić information content (AvgIpc) is 2.99. The summed E-state index contributed by atoms with van der Waals surface area (Å²) in [6, 6.07) is 11.1. The molecule has 1 saturated heterocycles. The molecule has 4 fully saturated rings. The van der Waals surface area contributed by atoms with E-state index < -0.39 is 0 Å². The molecule has 1 aromatic carbocycles. The molecule has 0 amide bonds. The molecule has 3 saturated carbocycles. The highest BCUT2D eigenvalue weighted by Gasteiger charge is 2.33.